The fourth-order valence-corrected chi connectivity index (χ4v) is 3.23. The van der Waals surface area contributed by atoms with Crippen molar-refractivity contribution in [3.8, 4) is 0 Å². The van der Waals surface area contributed by atoms with E-state index in [0.29, 0.717) is 16.6 Å². The second-order valence-corrected chi connectivity index (χ2v) is 6.46. The molecule has 0 aliphatic rings. The number of benzene rings is 2. The number of rotatable bonds is 5. The molecule has 4 nitrogen and oxygen atoms in total. The number of halogens is 1. The van der Waals surface area contributed by atoms with Crippen LogP contribution in [-0.4, -0.2) is 26.3 Å². The first-order valence-electron chi connectivity index (χ1n) is 6.70. The molecule has 1 atom stereocenters. The molecule has 0 amide bonds. The smallest absolute Gasteiger partial charge is 0.317 e. The van der Waals surface area contributed by atoms with Crippen molar-refractivity contribution >= 4 is 40.4 Å². The summed E-state index contributed by atoms with van der Waals surface area (Å²) in [6.45, 7) is 0. The molecule has 0 saturated heterocycles. The molecule has 3 rings (SSSR count). The third-order valence-electron chi connectivity index (χ3n) is 3.23. The molecule has 0 spiro atoms. The molecule has 0 unspecified atom stereocenters. The number of thioether (sulfide) groups is 1. The Hall–Kier alpha value is -1.98. The van der Waals surface area contributed by atoms with Gasteiger partial charge in [-0.05, 0) is 36.2 Å². The third kappa shape index (κ3) is 3.43. The Bertz CT molecular complexity index is 768. The summed E-state index contributed by atoms with van der Waals surface area (Å²) in [6.07, 6.45) is 0.411. The highest BCUT2D eigenvalue weighted by Gasteiger charge is 2.21. The number of hydrogen-bond donors (Lipinski definition) is 2. The van der Waals surface area contributed by atoms with Crippen LogP contribution in [0.5, 0.6) is 0 Å². The summed E-state index contributed by atoms with van der Waals surface area (Å²) in [7, 11) is 0. The second-order valence-electron chi connectivity index (χ2n) is 4.83. The number of aromatic amines is 1. The van der Waals surface area contributed by atoms with Gasteiger partial charge in [-0.25, -0.2) is 4.98 Å². The molecule has 0 bridgehead atoms. The minimum atomic E-state index is -0.861. The number of H-pyrrole nitrogens is 1. The third-order valence-corrected chi connectivity index (χ3v) is 4.55. The summed E-state index contributed by atoms with van der Waals surface area (Å²) >= 11 is 7.07. The molecule has 3 aromatic rings. The number of aromatic nitrogens is 2. The summed E-state index contributed by atoms with van der Waals surface area (Å²) < 4.78 is 0. The van der Waals surface area contributed by atoms with E-state index in [2.05, 4.69) is 9.97 Å². The van der Waals surface area contributed by atoms with Gasteiger partial charge in [0, 0.05) is 5.02 Å². The number of hydrogen-bond acceptors (Lipinski definition) is 3. The Morgan fingerprint density at radius 2 is 1.95 bits per heavy atom. The molecular formula is C16H13ClN2O2S. The number of imidazole rings is 1. The van der Waals surface area contributed by atoms with E-state index in [1.807, 2.05) is 36.4 Å². The van der Waals surface area contributed by atoms with Crippen LogP contribution >= 0.6 is 23.4 Å². The summed E-state index contributed by atoms with van der Waals surface area (Å²) in [6, 6.07) is 14.8. The van der Waals surface area contributed by atoms with Crippen molar-refractivity contribution in [2.45, 2.75) is 16.8 Å². The van der Waals surface area contributed by atoms with Crippen molar-refractivity contribution in [1.82, 2.24) is 9.97 Å². The van der Waals surface area contributed by atoms with Crippen LogP contribution in [0.25, 0.3) is 11.0 Å². The van der Waals surface area contributed by atoms with Gasteiger partial charge in [-0.3, -0.25) is 4.79 Å². The maximum Gasteiger partial charge on any atom is 0.317 e. The largest absolute Gasteiger partial charge is 0.480 e. The lowest BCUT2D eigenvalue weighted by Gasteiger charge is -2.10. The Morgan fingerprint density at radius 3 is 2.64 bits per heavy atom. The number of carboxylic acid groups (broad SMARTS) is 1. The second kappa shape index (κ2) is 6.42. The number of fused-ring (bicyclic) bond motifs is 1. The van der Waals surface area contributed by atoms with Gasteiger partial charge in [0.15, 0.2) is 5.16 Å². The molecule has 2 aromatic carbocycles. The van der Waals surface area contributed by atoms with Crippen molar-refractivity contribution in [2.75, 3.05) is 0 Å². The molecule has 1 aromatic heterocycles. The lowest BCUT2D eigenvalue weighted by atomic mass is 10.1. The van der Waals surface area contributed by atoms with Gasteiger partial charge in [0.05, 0.1) is 11.0 Å². The van der Waals surface area contributed by atoms with Crippen LogP contribution in [0.4, 0.5) is 0 Å². The van der Waals surface area contributed by atoms with Gasteiger partial charge in [-0.2, -0.15) is 0 Å². The number of carbonyl (C=O) groups is 1. The Morgan fingerprint density at radius 1 is 1.23 bits per heavy atom. The summed E-state index contributed by atoms with van der Waals surface area (Å²) in [4.78, 5) is 19.1. The zero-order chi connectivity index (χ0) is 15.5. The predicted molar refractivity (Wildman–Crippen MR) is 88.5 cm³/mol. The zero-order valence-electron chi connectivity index (χ0n) is 11.5. The standard InChI is InChI=1S/C16H13ClN2O2S/c17-11-7-5-10(6-8-11)9-14(15(20)21)22-16-18-12-3-1-2-4-13(12)19-16/h1-8,14H,9H2,(H,18,19)(H,20,21)/t14-/m1/s1. The van der Waals surface area contributed by atoms with Gasteiger partial charge in [0.25, 0.3) is 0 Å². The highest BCUT2D eigenvalue weighted by molar-refractivity contribution is 8.00. The molecule has 112 valence electrons. The minimum Gasteiger partial charge on any atom is -0.480 e. The normalized spacial score (nSPS) is 12.4. The van der Waals surface area contributed by atoms with E-state index in [0.717, 1.165) is 16.6 Å². The molecule has 0 radical (unpaired) electrons. The van der Waals surface area contributed by atoms with Gasteiger partial charge in [0.1, 0.15) is 5.25 Å². The first kappa shape index (κ1) is 14.9. The lowest BCUT2D eigenvalue weighted by molar-refractivity contribution is -0.136. The average Bonchev–Trinajstić information content (AvgIpc) is 2.91. The molecular weight excluding hydrogens is 320 g/mol. The van der Waals surface area contributed by atoms with E-state index in [1.165, 1.54) is 11.8 Å². The van der Waals surface area contributed by atoms with E-state index in [4.69, 9.17) is 11.6 Å². The van der Waals surface area contributed by atoms with E-state index in [-0.39, 0.29) is 0 Å². The topological polar surface area (TPSA) is 66.0 Å². The quantitative estimate of drug-likeness (QED) is 0.693. The van der Waals surface area contributed by atoms with E-state index in [9.17, 15) is 9.90 Å². The monoisotopic (exact) mass is 332 g/mol. The first-order chi connectivity index (χ1) is 10.6. The van der Waals surface area contributed by atoms with Crippen molar-refractivity contribution in [3.05, 3.63) is 59.1 Å². The maximum atomic E-state index is 11.5. The van der Waals surface area contributed by atoms with Crippen molar-refractivity contribution in [3.63, 3.8) is 0 Å². The molecule has 2 N–H and O–H groups in total. The predicted octanol–water partition coefficient (Wildman–Crippen LogP) is 4.00. The van der Waals surface area contributed by atoms with Crippen molar-refractivity contribution < 1.29 is 9.90 Å². The van der Waals surface area contributed by atoms with E-state index in [1.54, 1.807) is 12.1 Å². The Labute approximate surface area is 136 Å². The summed E-state index contributed by atoms with van der Waals surface area (Å²) in [5.41, 5.74) is 2.67. The van der Waals surface area contributed by atoms with E-state index < -0.39 is 11.2 Å². The Kier molecular flexibility index (Phi) is 4.36. The maximum absolute atomic E-state index is 11.5. The molecule has 0 aliphatic heterocycles. The molecule has 6 heteroatoms. The summed E-state index contributed by atoms with van der Waals surface area (Å²) in [5.74, 6) is -0.861. The fraction of sp³-hybridized carbons (Fsp3) is 0.125. The van der Waals surface area contributed by atoms with Crippen LogP contribution < -0.4 is 0 Å². The fourth-order valence-electron chi connectivity index (χ4n) is 2.13. The lowest BCUT2D eigenvalue weighted by Crippen LogP contribution is -2.19. The summed E-state index contributed by atoms with van der Waals surface area (Å²) in [5, 5.41) is 10.1. The highest BCUT2D eigenvalue weighted by Crippen LogP contribution is 2.26. The van der Waals surface area contributed by atoms with Crippen LogP contribution in [0.2, 0.25) is 5.02 Å². The highest BCUT2D eigenvalue weighted by atomic mass is 35.5. The molecule has 0 saturated carbocycles. The number of nitrogens with zero attached hydrogens (tertiary/aromatic N) is 1. The molecule has 22 heavy (non-hydrogen) atoms. The zero-order valence-corrected chi connectivity index (χ0v) is 13.1. The van der Waals surface area contributed by atoms with Gasteiger partial charge in [-0.15, -0.1) is 0 Å². The van der Waals surface area contributed by atoms with Gasteiger partial charge < -0.3 is 10.1 Å². The molecule has 0 aliphatic carbocycles. The number of aliphatic carboxylic acids is 1. The van der Waals surface area contributed by atoms with Crippen LogP contribution in [0.1, 0.15) is 5.56 Å². The number of para-hydroxylation sites is 2. The van der Waals surface area contributed by atoms with Crippen molar-refractivity contribution in [2.24, 2.45) is 0 Å². The van der Waals surface area contributed by atoms with Crippen LogP contribution in [0.15, 0.2) is 53.7 Å². The SMILES string of the molecule is O=C(O)[C@@H](Cc1ccc(Cl)cc1)Sc1nc2ccccc2[nH]1. The molecule has 1 heterocycles. The van der Waals surface area contributed by atoms with Gasteiger partial charge >= 0.3 is 5.97 Å². The minimum absolute atomic E-state index is 0.411. The van der Waals surface area contributed by atoms with Crippen LogP contribution in [-0.2, 0) is 11.2 Å². The van der Waals surface area contributed by atoms with Crippen LogP contribution in [0, 0.1) is 0 Å². The molecule has 0 fully saturated rings. The number of carboxylic acids is 1. The van der Waals surface area contributed by atoms with Crippen molar-refractivity contribution in [1.29, 1.82) is 0 Å². The number of nitrogens with one attached hydrogen (secondary N) is 1. The van der Waals surface area contributed by atoms with E-state index >= 15 is 0 Å². The van der Waals surface area contributed by atoms with Crippen LogP contribution in [0.3, 0.4) is 0 Å². The Balaban J connectivity index is 1.79. The van der Waals surface area contributed by atoms with Gasteiger partial charge in [-0.1, -0.05) is 47.6 Å². The first-order valence-corrected chi connectivity index (χ1v) is 7.96. The van der Waals surface area contributed by atoms with Gasteiger partial charge in [0.2, 0.25) is 0 Å². The average molecular weight is 333 g/mol.